The molecule has 0 saturated carbocycles. The molecule has 2 amide bonds. The summed E-state index contributed by atoms with van der Waals surface area (Å²) in [6.45, 7) is 7.80. The molecule has 212 valence electrons. The van der Waals surface area contributed by atoms with E-state index in [-0.39, 0.29) is 17.7 Å². The summed E-state index contributed by atoms with van der Waals surface area (Å²) in [6.07, 6.45) is 3.00. The van der Waals surface area contributed by atoms with Crippen LogP contribution >= 0.6 is 0 Å². The van der Waals surface area contributed by atoms with E-state index in [0.717, 1.165) is 41.5 Å². The van der Waals surface area contributed by atoms with Gasteiger partial charge in [-0.15, -0.1) is 10.2 Å². The zero-order valence-corrected chi connectivity index (χ0v) is 24.1. The third-order valence-corrected chi connectivity index (χ3v) is 7.86. The van der Waals surface area contributed by atoms with Gasteiger partial charge in [-0.3, -0.25) is 9.59 Å². The third kappa shape index (κ3) is 6.37. The Kier molecular flexibility index (Phi) is 8.87. The Hall–Kier alpha value is -4.33. The van der Waals surface area contributed by atoms with E-state index in [1.54, 1.807) is 0 Å². The summed E-state index contributed by atoms with van der Waals surface area (Å²) in [5.41, 5.74) is 6.38. The molecule has 1 N–H and O–H groups in total. The Labute approximate surface area is 241 Å². The molecule has 0 spiro atoms. The predicted molar refractivity (Wildman–Crippen MR) is 159 cm³/mol. The average molecular weight is 551 g/mol. The largest absolute Gasteiger partial charge is 0.336 e. The van der Waals surface area contributed by atoms with Crippen molar-refractivity contribution in [2.75, 3.05) is 6.54 Å². The summed E-state index contributed by atoms with van der Waals surface area (Å²) in [7, 11) is 0. The van der Waals surface area contributed by atoms with E-state index in [9.17, 15) is 9.59 Å². The molecule has 0 radical (unpaired) electrons. The molecule has 0 bridgehead atoms. The Balaban J connectivity index is 1.40. The van der Waals surface area contributed by atoms with Crippen LogP contribution in [0.2, 0.25) is 0 Å². The van der Waals surface area contributed by atoms with E-state index in [1.807, 2.05) is 66.1 Å². The van der Waals surface area contributed by atoms with Gasteiger partial charge in [0.15, 0.2) is 0 Å². The number of amides is 2. The number of nitrogens with zero attached hydrogens (tertiary/aromatic N) is 5. The SMILES string of the molecule is CCCCC(=O)N(Cc1ccc(-c2ccccc2-c2nn[nH]n2)cc1)[C@H](C(=O)N1CCc2ccccc2C1)C(C)C. The van der Waals surface area contributed by atoms with E-state index in [1.165, 1.54) is 11.1 Å². The highest BCUT2D eigenvalue weighted by Crippen LogP contribution is 2.30. The number of hydrogen-bond acceptors (Lipinski definition) is 5. The van der Waals surface area contributed by atoms with Crippen LogP contribution in [-0.2, 0) is 29.1 Å². The molecule has 0 fully saturated rings. The topological polar surface area (TPSA) is 95.1 Å². The molecular weight excluding hydrogens is 512 g/mol. The maximum absolute atomic E-state index is 14.1. The standard InChI is InChI=1S/C33H38N6O2/c1-4-5-14-30(40)39(31(23(2)3)33(41)38-20-19-25-10-6-7-11-27(25)22-38)21-24-15-17-26(18-16-24)28-12-8-9-13-29(28)32-34-36-37-35-32/h6-13,15-18,23,31H,4-5,14,19-22H2,1-3H3,(H,34,35,36,37)/t31-/m0/s1. The summed E-state index contributed by atoms with van der Waals surface area (Å²) >= 11 is 0. The number of benzene rings is 3. The maximum atomic E-state index is 14.1. The molecule has 8 nitrogen and oxygen atoms in total. The highest BCUT2D eigenvalue weighted by atomic mass is 16.2. The number of aromatic amines is 1. The summed E-state index contributed by atoms with van der Waals surface area (Å²) in [5.74, 6) is 0.579. The van der Waals surface area contributed by atoms with Gasteiger partial charge in [0.2, 0.25) is 17.6 Å². The Morgan fingerprint density at radius 2 is 1.66 bits per heavy atom. The smallest absolute Gasteiger partial charge is 0.245 e. The molecule has 0 unspecified atom stereocenters. The van der Waals surface area contributed by atoms with E-state index >= 15 is 0 Å². The van der Waals surface area contributed by atoms with E-state index in [4.69, 9.17) is 0 Å². The summed E-state index contributed by atoms with van der Waals surface area (Å²) in [4.78, 5) is 31.5. The molecule has 0 saturated heterocycles. The van der Waals surface area contributed by atoms with Crippen molar-refractivity contribution in [3.05, 3.63) is 89.5 Å². The molecule has 1 aliphatic rings. The first-order valence-corrected chi connectivity index (χ1v) is 14.5. The fourth-order valence-electron chi connectivity index (χ4n) is 5.65. The Morgan fingerprint density at radius 1 is 0.951 bits per heavy atom. The molecule has 2 heterocycles. The van der Waals surface area contributed by atoms with Crippen LogP contribution in [0.3, 0.4) is 0 Å². The van der Waals surface area contributed by atoms with Gasteiger partial charge < -0.3 is 9.80 Å². The van der Waals surface area contributed by atoms with Crippen LogP contribution in [0.4, 0.5) is 0 Å². The van der Waals surface area contributed by atoms with Crippen molar-refractivity contribution in [3.63, 3.8) is 0 Å². The van der Waals surface area contributed by atoms with Crippen LogP contribution < -0.4 is 0 Å². The number of rotatable bonds is 10. The molecule has 1 atom stereocenters. The van der Waals surface area contributed by atoms with Gasteiger partial charge in [0.1, 0.15) is 6.04 Å². The van der Waals surface area contributed by atoms with Crippen LogP contribution in [0.5, 0.6) is 0 Å². The normalized spacial score (nSPS) is 13.6. The lowest BCUT2D eigenvalue weighted by Crippen LogP contribution is -2.54. The van der Waals surface area contributed by atoms with E-state index in [0.29, 0.717) is 31.9 Å². The quantitative estimate of drug-likeness (QED) is 0.275. The molecule has 5 rings (SSSR count). The minimum Gasteiger partial charge on any atom is -0.336 e. The van der Waals surface area contributed by atoms with Gasteiger partial charge in [-0.1, -0.05) is 100.0 Å². The summed E-state index contributed by atoms with van der Waals surface area (Å²) in [5, 5.41) is 14.5. The number of aromatic nitrogens is 4. The van der Waals surface area contributed by atoms with E-state index < -0.39 is 6.04 Å². The number of carbonyl (C=O) groups excluding carboxylic acids is 2. The van der Waals surface area contributed by atoms with Crippen LogP contribution in [0, 0.1) is 5.92 Å². The zero-order chi connectivity index (χ0) is 28.8. The average Bonchev–Trinajstić information content (AvgIpc) is 3.54. The minimum absolute atomic E-state index is 0.0219. The number of fused-ring (bicyclic) bond motifs is 1. The number of hydrogen-bond donors (Lipinski definition) is 1. The number of carbonyl (C=O) groups is 2. The van der Waals surface area contributed by atoms with Crippen LogP contribution in [-0.4, -0.2) is 54.8 Å². The number of H-pyrrole nitrogens is 1. The fourth-order valence-corrected chi connectivity index (χ4v) is 5.65. The lowest BCUT2D eigenvalue weighted by atomic mass is 9.95. The van der Waals surface area contributed by atoms with Gasteiger partial charge in [0.25, 0.3) is 0 Å². The number of tetrazole rings is 1. The monoisotopic (exact) mass is 550 g/mol. The van der Waals surface area contributed by atoms with Gasteiger partial charge in [-0.05, 0) is 51.8 Å². The van der Waals surface area contributed by atoms with Crippen LogP contribution in [0.25, 0.3) is 22.5 Å². The number of nitrogens with one attached hydrogen (secondary N) is 1. The van der Waals surface area contributed by atoms with Crippen molar-refractivity contribution in [3.8, 4) is 22.5 Å². The summed E-state index contributed by atoms with van der Waals surface area (Å²) < 4.78 is 0. The Morgan fingerprint density at radius 3 is 2.34 bits per heavy atom. The molecular formula is C33H38N6O2. The van der Waals surface area contributed by atoms with Crippen molar-refractivity contribution in [1.82, 2.24) is 30.4 Å². The first-order valence-electron chi connectivity index (χ1n) is 14.5. The van der Waals surface area contributed by atoms with Gasteiger partial charge in [0.05, 0.1) is 0 Å². The van der Waals surface area contributed by atoms with Gasteiger partial charge in [-0.2, -0.15) is 5.21 Å². The molecule has 0 aliphatic carbocycles. The third-order valence-electron chi connectivity index (χ3n) is 7.86. The second kappa shape index (κ2) is 12.9. The lowest BCUT2D eigenvalue weighted by molar-refractivity contribution is -0.149. The Bertz CT molecular complexity index is 1470. The van der Waals surface area contributed by atoms with Crippen molar-refractivity contribution in [2.45, 2.75) is 65.6 Å². The highest BCUT2D eigenvalue weighted by Gasteiger charge is 2.36. The van der Waals surface area contributed by atoms with Crippen LogP contribution in [0.1, 0.15) is 56.7 Å². The minimum atomic E-state index is -0.525. The molecule has 3 aromatic carbocycles. The van der Waals surface area contributed by atoms with Crippen molar-refractivity contribution >= 4 is 11.8 Å². The van der Waals surface area contributed by atoms with Crippen LogP contribution in [0.15, 0.2) is 72.8 Å². The molecule has 1 aliphatic heterocycles. The van der Waals surface area contributed by atoms with Gasteiger partial charge in [0, 0.05) is 31.6 Å². The maximum Gasteiger partial charge on any atom is 0.245 e. The molecule has 1 aromatic heterocycles. The molecule has 41 heavy (non-hydrogen) atoms. The van der Waals surface area contributed by atoms with E-state index in [2.05, 4.69) is 57.9 Å². The van der Waals surface area contributed by atoms with Crippen molar-refractivity contribution in [1.29, 1.82) is 0 Å². The highest BCUT2D eigenvalue weighted by molar-refractivity contribution is 5.88. The van der Waals surface area contributed by atoms with Gasteiger partial charge >= 0.3 is 0 Å². The molecule has 4 aromatic rings. The first kappa shape index (κ1) is 28.2. The number of unbranched alkanes of at least 4 members (excludes halogenated alkanes) is 1. The second-order valence-corrected chi connectivity index (χ2v) is 11.1. The second-order valence-electron chi connectivity index (χ2n) is 11.1. The van der Waals surface area contributed by atoms with Crippen molar-refractivity contribution < 1.29 is 9.59 Å². The van der Waals surface area contributed by atoms with Crippen molar-refractivity contribution in [2.24, 2.45) is 5.92 Å². The zero-order valence-electron chi connectivity index (χ0n) is 24.1. The summed E-state index contributed by atoms with van der Waals surface area (Å²) in [6, 6.07) is 23.9. The van der Waals surface area contributed by atoms with Gasteiger partial charge in [-0.25, -0.2) is 0 Å². The fraction of sp³-hybridized carbons (Fsp3) is 0.364. The predicted octanol–water partition coefficient (Wildman–Crippen LogP) is 5.66. The first-order chi connectivity index (χ1) is 20.0. The lowest BCUT2D eigenvalue weighted by Gasteiger charge is -2.39. The molecule has 8 heteroatoms.